The molecule has 0 N–H and O–H groups in total. The van der Waals surface area contributed by atoms with Gasteiger partial charge in [0.05, 0.1) is 16.7 Å². The molecule has 0 spiro atoms. The molecule has 2 heterocycles. The van der Waals surface area contributed by atoms with Gasteiger partial charge >= 0.3 is 0 Å². The molecular weight excluding hydrogens is 160 g/mol. The highest BCUT2D eigenvalue weighted by molar-refractivity contribution is 6.33. The Morgan fingerprint density at radius 2 is 2.18 bits per heavy atom. The summed E-state index contributed by atoms with van der Waals surface area (Å²) in [5.74, 6) is 0. The average molecular weight is 167 g/mol. The molecular formula is C8H7ClN2. The Labute approximate surface area is 69.4 Å². The highest BCUT2D eigenvalue weighted by atomic mass is 35.5. The molecule has 3 heteroatoms. The molecule has 0 unspecified atom stereocenters. The highest BCUT2D eigenvalue weighted by Gasteiger charge is 1.99. The lowest BCUT2D eigenvalue weighted by molar-refractivity contribution is 0.915. The molecule has 0 aliphatic carbocycles. The van der Waals surface area contributed by atoms with E-state index in [1.807, 2.05) is 29.6 Å². The Morgan fingerprint density at radius 3 is 2.91 bits per heavy atom. The minimum Gasteiger partial charge on any atom is -0.237 e. The minimum absolute atomic E-state index is 0.744. The third-order valence-corrected chi connectivity index (χ3v) is 2.01. The molecule has 11 heavy (non-hydrogen) atoms. The average Bonchev–Trinajstić information content (AvgIpc) is 2.45. The van der Waals surface area contributed by atoms with E-state index in [1.54, 1.807) is 6.20 Å². The second kappa shape index (κ2) is 2.24. The fourth-order valence-electron chi connectivity index (χ4n) is 1.11. The van der Waals surface area contributed by atoms with Crippen LogP contribution in [0.5, 0.6) is 0 Å². The van der Waals surface area contributed by atoms with Gasteiger partial charge in [0.2, 0.25) is 0 Å². The van der Waals surface area contributed by atoms with Crippen molar-refractivity contribution in [3.63, 3.8) is 0 Å². The minimum atomic E-state index is 0.744. The van der Waals surface area contributed by atoms with Gasteiger partial charge in [-0.3, -0.25) is 0 Å². The normalized spacial score (nSPS) is 10.7. The fraction of sp³-hybridized carbons (Fsp3) is 0.125. The zero-order chi connectivity index (χ0) is 7.84. The number of halogens is 1. The van der Waals surface area contributed by atoms with Gasteiger partial charge < -0.3 is 0 Å². The van der Waals surface area contributed by atoms with E-state index in [4.69, 9.17) is 11.6 Å². The predicted octanol–water partition coefficient (Wildman–Crippen LogP) is 2.30. The largest absolute Gasteiger partial charge is 0.237 e. The topological polar surface area (TPSA) is 17.3 Å². The van der Waals surface area contributed by atoms with Gasteiger partial charge in [0.25, 0.3) is 0 Å². The number of hydrogen-bond acceptors (Lipinski definition) is 1. The van der Waals surface area contributed by atoms with E-state index in [9.17, 15) is 0 Å². The Kier molecular flexibility index (Phi) is 1.36. The first-order valence-corrected chi connectivity index (χ1v) is 3.76. The first-order chi connectivity index (χ1) is 5.29. The van der Waals surface area contributed by atoms with Crippen LogP contribution in [0.2, 0.25) is 5.02 Å². The quantitative estimate of drug-likeness (QED) is 0.587. The van der Waals surface area contributed by atoms with Crippen LogP contribution in [-0.2, 0) is 0 Å². The third-order valence-electron chi connectivity index (χ3n) is 1.69. The summed E-state index contributed by atoms with van der Waals surface area (Å²) in [6, 6.07) is 5.73. The Bertz CT molecular complexity index is 356. The Morgan fingerprint density at radius 1 is 1.36 bits per heavy atom. The zero-order valence-electron chi connectivity index (χ0n) is 6.08. The monoisotopic (exact) mass is 166 g/mol. The molecule has 0 radical (unpaired) electrons. The van der Waals surface area contributed by atoms with Gasteiger partial charge in [0.1, 0.15) is 0 Å². The van der Waals surface area contributed by atoms with Crippen LogP contribution in [0.25, 0.3) is 5.52 Å². The summed E-state index contributed by atoms with van der Waals surface area (Å²) in [7, 11) is 0. The van der Waals surface area contributed by atoms with Gasteiger partial charge in [-0.15, -0.1) is 0 Å². The van der Waals surface area contributed by atoms with Crippen LogP contribution in [0.4, 0.5) is 0 Å². The van der Waals surface area contributed by atoms with E-state index < -0.39 is 0 Å². The zero-order valence-corrected chi connectivity index (χ0v) is 6.84. The van der Waals surface area contributed by atoms with Crippen molar-refractivity contribution in [3.05, 3.63) is 35.1 Å². The number of aryl methyl sites for hydroxylation is 1. The standard InChI is InChI=1S/C8H7ClN2/c1-6-2-3-7(9)8-4-5-10-11(6)8/h2-5H,1H3. The summed E-state index contributed by atoms with van der Waals surface area (Å²) in [5, 5.41) is 4.85. The van der Waals surface area contributed by atoms with Crippen LogP contribution in [0.15, 0.2) is 24.4 Å². The smallest absolute Gasteiger partial charge is 0.0850 e. The maximum Gasteiger partial charge on any atom is 0.0850 e. The van der Waals surface area contributed by atoms with Gasteiger partial charge in [-0.1, -0.05) is 11.6 Å². The lowest BCUT2D eigenvalue weighted by Crippen LogP contribution is -1.91. The van der Waals surface area contributed by atoms with Crippen molar-refractivity contribution in [2.75, 3.05) is 0 Å². The van der Waals surface area contributed by atoms with E-state index >= 15 is 0 Å². The number of rotatable bonds is 0. The Hall–Kier alpha value is -1.02. The number of hydrogen-bond donors (Lipinski definition) is 0. The van der Waals surface area contributed by atoms with E-state index in [0.29, 0.717) is 0 Å². The summed E-state index contributed by atoms with van der Waals surface area (Å²) in [5.41, 5.74) is 2.06. The van der Waals surface area contributed by atoms with Crippen molar-refractivity contribution in [3.8, 4) is 0 Å². The lowest BCUT2D eigenvalue weighted by Gasteiger charge is -1.98. The molecule has 0 aliphatic heterocycles. The molecule has 2 aromatic rings. The van der Waals surface area contributed by atoms with Crippen LogP contribution in [0.3, 0.4) is 0 Å². The lowest BCUT2D eigenvalue weighted by atomic mass is 10.3. The maximum absolute atomic E-state index is 5.91. The van der Waals surface area contributed by atoms with Crippen LogP contribution in [0.1, 0.15) is 5.69 Å². The number of fused-ring (bicyclic) bond motifs is 1. The van der Waals surface area contributed by atoms with Crippen molar-refractivity contribution < 1.29 is 0 Å². The molecule has 0 saturated heterocycles. The molecule has 0 atom stereocenters. The van der Waals surface area contributed by atoms with Crippen LogP contribution in [-0.4, -0.2) is 9.61 Å². The van der Waals surface area contributed by atoms with Crippen molar-refractivity contribution >= 4 is 17.1 Å². The van der Waals surface area contributed by atoms with E-state index in [1.165, 1.54) is 0 Å². The van der Waals surface area contributed by atoms with Gasteiger partial charge in [-0.05, 0) is 25.1 Å². The van der Waals surface area contributed by atoms with E-state index in [-0.39, 0.29) is 0 Å². The summed E-state index contributed by atoms with van der Waals surface area (Å²) in [6.07, 6.45) is 1.74. The number of nitrogens with zero attached hydrogens (tertiary/aromatic N) is 2. The first-order valence-electron chi connectivity index (χ1n) is 3.38. The molecule has 2 rings (SSSR count). The van der Waals surface area contributed by atoms with Crippen molar-refractivity contribution in [1.82, 2.24) is 9.61 Å². The molecule has 0 bridgehead atoms. The molecule has 0 aliphatic rings. The Balaban J connectivity index is 2.96. The summed E-state index contributed by atoms with van der Waals surface area (Å²) >= 11 is 5.91. The molecule has 2 aromatic heterocycles. The summed E-state index contributed by atoms with van der Waals surface area (Å²) in [4.78, 5) is 0. The van der Waals surface area contributed by atoms with Gasteiger partial charge in [-0.2, -0.15) is 5.10 Å². The molecule has 0 amide bonds. The second-order valence-corrected chi connectivity index (χ2v) is 2.86. The van der Waals surface area contributed by atoms with E-state index in [2.05, 4.69) is 5.10 Å². The summed E-state index contributed by atoms with van der Waals surface area (Å²) < 4.78 is 1.82. The maximum atomic E-state index is 5.91. The van der Waals surface area contributed by atoms with E-state index in [0.717, 1.165) is 16.2 Å². The van der Waals surface area contributed by atoms with Crippen LogP contribution in [0, 0.1) is 6.92 Å². The molecule has 0 saturated carbocycles. The van der Waals surface area contributed by atoms with Gasteiger partial charge in [0, 0.05) is 5.69 Å². The summed E-state index contributed by atoms with van der Waals surface area (Å²) in [6.45, 7) is 2.00. The van der Waals surface area contributed by atoms with Crippen molar-refractivity contribution in [1.29, 1.82) is 0 Å². The first kappa shape index (κ1) is 6.68. The number of pyridine rings is 1. The van der Waals surface area contributed by atoms with Crippen LogP contribution >= 0.6 is 11.6 Å². The SMILES string of the molecule is Cc1ccc(Cl)c2ccnn12. The van der Waals surface area contributed by atoms with Crippen LogP contribution < -0.4 is 0 Å². The molecule has 0 fully saturated rings. The predicted molar refractivity (Wildman–Crippen MR) is 44.9 cm³/mol. The molecule has 56 valence electrons. The number of aromatic nitrogens is 2. The van der Waals surface area contributed by atoms with Crippen molar-refractivity contribution in [2.45, 2.75) is 6.92 Å². The second-order valence-electron chi connectivity index (χ2n) is 2.45. The highest BCUT2D eigenvalue weighted by Crippen LogP contribution is 2.17. The third kappa shape index (κ3) is 0.906. The van der Waals surface area contributed by atoms with Gasteiger partial charge in [0.15, 0.2) is 0 Å². The van der Waals surface area contributed by atoms with Crippen molar-refractivity contribution in [2.24, 2.45) is 0 Å². The molecule has 2 nitrogen and oxygen atoms in total. The van der Waals surface area contributed by atoms with Gasteiger partial charge in [-0.25, -0.2) is 4.52 Å². The molecule has 0 aromatic carbocycles. The fourth-order valence-corrected chi connectivity index (χ4v) is 1.32.